The molecular weight excluding hydrogens is 475 g/mol. The van der Waals surface area contributed by atoms with Crippen LogP contribution >= 0.6 is 27.3 Å². The van der Waals surface area contributed by atoms with E-state index in [1.807, 2.05) is 5.38 Å². The molecule has 0 amide bonds. The maximum absolute atomic E-state index is 13.7. The largest absolute Gasteiger partial charge is 0.463 e. The molecule has 11 heteroatoms. The Bertz CT molecular complexity index is 1110. The van der Waals surface area contributed by atoms with Gasteiger partial charge in [0.15, 0.2) is 10.8 Å². The molecule has 1 aliphatic rings. The van der Waals surface area contributed by atoms with Crippen LogP contribution in [0.2, 0.25) is 0 Å². The van der Waals surface area contributed by atoms with Gasteiger partial charge in [-0.2, -0.15) is 0 Å². The number of hydrogen-bond acceptors (Lipinski definition) is 8. The standard InChI is InChI=1S/C19H16BrFN6O2S/c1-2-29-19(28)15-14(10-27-7-5-23-26-27)24-17(18-22-6-8-30-18)25-16(15)12-4-3-11(21)9-13(12)20/h3-9,16H,2,10H2,1H3,(H,24,25). The van der Waals surface area contributed by atoms with Crippen molar-refractivity contribution in [2.75, 3.05) is 6.61 Å². The summed E-state index contributed by atoms with van der Waals surface area (Å²) in [6.07, 6.45) is 4.92. The van der Waals surface area contributed by atoms with Crippen LogP contribution in [0.1, 0.15) is 23.5 Å². The molecule has 2 aromatic heterocycles. The van der Waals surface area contributed by atoms with Crippen molar-refractivity contribution < 1.29 is 13.9 Å². The third-order valence-electron chi connectivity index (χ3n) is 4.31. The second-order valence-corrected chi connectivity index (χ2v) is 7.97. The number of thiazole rings is 1. The van der Waals surface area contributed by atoms with Crippen LogP contribution in [-0.2, 0) is 16.1 Å². The fourth-order valence-corrected chi connectivity index (χ4v) is 4.20. The minimum absolute atomic E-state index is 0.208. The maximum atomic E-state index is 13.7. The number of amidine groups is 1. The lowest BCUT2D eigenvalue weighted by molar-refractivity contribution is -0.139. The van der Waals surface area contributed by atoms with Gasteiger partial charge in [-0.15, -0.1) is 16.4 Å². The quantitative estimate of drug-likeness (QED) is 0.533. The molecule has 0 saturated heterocycles. The van der Waals surface area contributed by atoms with Gasteiger partial charge < -0.3 is 10.1 Å². The van der Waals surface area contributed by atoms with Crippen LogP contribution in [0.25, 0.3) is 0 Å². The lowest BCUT2D eigenvalue weighted by Crippen LogP contribution is -2.35. The highest BCUT2D eigenvalue weighted by Crippen LogP contribution is 2.37. The first-order chi connectivity index (χ1) is 14.6. The number of benzene rings is 1. The van der Waals surface area contributed by atoms with Crippen LogP contribution in [0, 0.1) is 5.82 Å². The van der Waals surface area contributed by atoms with Crippen molar-refractivity contribution in [3.8, 4) is 0 Å². The summed E-state index contributed by atoms with van der Waals surface area (Å²) in [5.74, 6) is -0.397. The van der Waals surface area contributed by atoms with E-state index in [1.54, 1.807) is 36.3 Å². The van der Waals surface area contributed by atoms with Crippen molar-refractivity contribution in [3.63, 3.8) is 0 Å². The monoisotopic (exact) mass is 490 g/mol. The smallest absolute Gasteiger partial charge is 0.338 e. The number of nitrogens with zero attached hydrogens (tertiary/aromatic N) is 5. The Hall–Kier alpha value is -2.92. The fraction of sp³-hybridized carbons (Fsp3) is 0.211. The minimum Gasteiger partial charge on any atom is -0.463 e. The number of carbonyl (C=O) groups excluding carboxylic acids is 1. The van der Waals surface area contributed by atoms with Crippen LogP contribution in [0.4, 0.5) is 4.39 Å². The van der Waals surface area contributed by atoms with Gasteiger partial charge in [0, 0.05) is 22.2 Å². The highest BCUT2D eigenvalue weighted by Gasteiger charge is 2.34. The molecule has 1 atom stereocenters. The molecule has 0 fully saturated rings. The molecule has 3 aromatic rings. The molecular formula is C19H16BrFN6O2S. The van der Waals surface area contributed by atoms with Gasteiger partial charge in [0.25, 0.3) is 0 Å². The van der Waals surface area contributed by atoms with Gasteiger partial charge in [-0.25, -0.2) is 18.9 Å². The molecule has 1 aliphatic heterocycles. The molecule has 0 radical (unpaired) electrons. The van der Waals surface area contributed by atoms with Gasteiger partial charge in [-0.3, -0.25) is 4.99 Å². The normalized spacial score (nSPS) is 16.2. The van der Waals surface area contributed by atoms with Crippen LogP contribution in [0.5, 0.6) is 0 Å². The Morgan fingerprint density at radius 3 is 2.93 bits per heavy atom. The lowest BCUT2D eigenvalue weighted by atomic mass is 9.95. The van der Waals surface area contributed by atoms with Crippen LogP contribution in [-0.4, -0.2) is 38.4 Å². The van der Waals surface area contributed by atoms with Crippen molar-refractivity contribution in [2.45, 2.75) is 19.5 Å². The first kappa shape index (κ1) is 20.4. The summed E-state index contributed by atoms with van der Waals surface area (Å²) in [5, 5.41) is 13.5. The van der Waals surface area contributed by atoms with E-state index >= 15 is 0 Å². The molecule has 0 spiro atoms. The number of rotatable bonds is 6. The molecule has 154 valence electrons. The Labute approximate surface area is 183 Å². The summed E-state index contributed by atoms with van der Waals surface area (Å²) in [6, 6.07) is 3.55. The lowest BCUT2D eigenvalue weighted by Gasteiger charge is -2.27. The zero-order valence-corrected chi connectivity index (χ0v) is 18.2. The molecule has 0 bridgehead atoms. The molecule has 1 unspecified atom stereocenters. The summed E-state index contributed by atoms with van der Waals surface area (Å²) < 4.78 is 21.1. The number of allylic oxidation sites excluding steroid dienone is 1. The number of ether oxygens (including phenoxy) is 1. The zero-order chi connectivity index (χ0) is 21.1. The van der Waals surface area contributed by atoms with E-state index in [1.165, 1.54) is 23.5 Å². The van der Waals surface area contributed by atoms with E-state index in [4.69, 9.17) is 9.73 Å². The van der Waals surface area contributed by atoms with Gasteiger partial charge in [0.05, 0.1) is 30.6 Å². The van der Waals surface area contributed by atoms with Crippen molar-refractivity contribution >= 4 is 39.1 Å². The molecule has 30 heavy (non-hydrogen) atoms. The van der Waals surface area contributed by atoms with Gasteiger partial charge in [0.1, 0.15) is 11.9 Å². The predicted molar refractivity (Wildman–Crippen MR) is 112 cm³/mol. The number of halogens is 2. The van der Waals surface area contributed by atoms with Crippen molar-refractivity contribution in [1.82, 2.24) is 25.3 Å². The first-order valence-corrected chi connectivity index (χ1v) is 10.7. The topological polar surface area (TPSA) is 94.3 Å². The molecule has 1 aromatic carbocycles. The molecule has 3 heterocycles. The van der Waals surface area contributed by atoms with Gasteiger partial charge >= 0.3 is 5.97 Å². The predicted octanol–water partition coefficient (Wildman–Crippen LogP) is 3.24. The van der Waals surface area contributed by atoms with Crippen LogP contribution in [0.3, 0.4) is 0 Å². The summed E-state index contributed by atoms with van der Waals surface area (Å²) in [5.41, 5.74) is 1.51. The zero-order valence-electron chi connectivity index (χ0n) is 15.7. The third kappa shape index (κ3) is 4.17. The summed E-state index contributed by atoms with van der Waals surface area (Å²) >= 11 is 4.82. The van der Waals surface area contributed by atoms with Gasteiger partial charge in [-0.05, 0) is 24.6 Å². The third-order valence-corrected chi connectivity index (χ3v) is 5.77. The second kappa shape index (κ2) is 8.84. The van der Waals surface area contributed by atoms with E-state index < -0.39 is 17.8 Å². The number of nitrogens with one attached hydrogen (secondary N) is 1. The number of aromatic nitrogens is 4. The Balaban J connectivity index is 1.87. The number of esters is 1. The summed E-state index contributed by atoms with van der Waals surface area (Å²) in [7, 11) is 0. The number of carbonyl (C=O) groups is 1. The van der Waals surface area contributed by atoms with E-state index in [0.717, 1.165) is 0 Å². The van der Waals surface area contributed by atoms with E-state index in [-0.39, 0.29) is 13.2 Å². The van der Waals surface area contributed by atoms with Gasteiger partial charge in [-0.1, -0.05) is 27.2 Å². The second-order valence-electron chi connectivity index (χ2n) is 6.22. The van der Waals surface area contributed by atoms with E-state index in [0.29, 0.717) is 32.1 Å². The average molecular weight is 491 g/mol. The molecule has 4 rings (SSSR count). The molecule has 0 aliphatic carbocycles. The highest BCUT2D eigenvalue weighted by atomic mass is 79.9. The van der Waals surface area contributed by atoms with Crippen LogP contribution in [0.15, 0.2) is 62.9 Å². The minimum atomic E-state index is -0.724. The first-order valence-electron chi connectivity index (χ1n) is 9.00. The average Bonchev–Trinajstić information content (AvgIpc) is 3.42. The van der Waals surface area contributed by atoms with Crippen molar-refractivity contribution in [3.05, 3.63) is 74.3 Å². The van der Waals surface area contributed by atoms with Crippen LogP contribution < -0.4 is 5.32 Å². The highest BCUT2D eigenvalue weighted by molar-refractivity contribution is 9.10. The molecule has 1 N–H and O–H groups in total. The Morgan fingerprint density at radius 1 is 1.40 bits per heavy atom. The Kier molecular flexibility index (Phi) is 6.00. The molecule has 0 saturated carbocycles. The van der Waals surface area contributed by atoms with Crippen molar-refractivity contribution in [2.24, 2.45) is 4.99 Å². The molecule has 8 nitrogen and oxygen atoms in total. The summed E-state index contributed by atoms with van der Waals surface area (Å²) in [6.45, 7) is 2.19. The van der Waals surface area contributed by atoms with Crippen molar-refractivity contribution in [1.29, 1.82) is 0 Å². The fourth-order valence-electron chi connectivity index (χ4n) is 3.05. The number of aliphatic imine (C=N–C) groups is 1. The SMILES string of the molecule is CCOC(=O)C1=C(Cn2ccnn2)NC(c2nccs2)=NC1c1ccc(F)cc1Br. The Morgan fingerprint density at radius 2 is 2.27 bits per heavy atom. The summed E-state index contributed by atoms with van der Waals surface area (Å²) in [4.78, 5) is 22.0. The van der Waals surface area contributed by atoms with Gasteiger partial charge in [0.2, 0.25) is 0 Å². The maximum Gasteiger partial charge on any atom is 0.338 e. The van der Waals surface area contributed by atoms with E-state index in [2.05, 4.69) is 36.5 Å². The number of hydrogen-bond donors (Lipinski definition) is 1. The van der Waals surface area contributed by atoms with E-state index in [9.17, 15) is 9.18 Å².